The van der Waals surface area contributed by atoms with Gasteiger partial charge in [0, 0.05) is 58.0 Å². The summed E-state index contributed by atoms with van der Waals surface area (Å²) in [6, 6.07) is 6.68. The van der Waals surface area contributed by atoms with Crippen molar-refractivity contribution in [3.8, 4) is 0 Å². The van der Waals surface area contributed by atoms with E-state index < -0.39 is 5.92 Å². The van der Waals surface area contributed by atoms with Gasteiger partial charge in [-0.15, -0.1) is 0 Å². The third-order valence-corrected chi connectivity index (χ3v) is 7.91. The zero-order valence-corrected chi connectivity index (χ0v) is 21.0. The predicted molar refractivity (Wildman–Crippen MR) is 134 cm³/mol. The van der Waals surface area contributed by atoms with Gasteiger partial charge in [-0.2, -0.15) is 0 Å². The van der Waals surface area contributed by atoms with Crippen LogP contribution in [0.3, 0.4) is 0 Å². The van der Waals surface area contributed by atoms with Crippen LogP contribution in [0.25, 0.3) is 0 Å². The van der Waals surface area contributed by atoms with Gasteiger partial charge in [0.1, 0.15) is 0 Å². The second-order valence-electron chi connectivity index (χ2n) is 10.2. The van der Waals surface area contributed by atoms with E-state index in [1.165, 1.54) is 50.8 Å². The zero-order chi connectivity index (χ0) is 24.1. The highest BCUT2D eigenvalue weighted by molar-refractivity contribution is 5.27. The van der Waals surface area contributed by atoms with E-state index in [2.05, 4.69) is 41.8 Å². The van der Waals surface area contributed by atoms with E-state index in [-0.39, 0.29) is 11.1 Å². The number of likely N-dealkylation sites (N-methyl/N-ethyl adjacent to an activating group) is 2. The number of likely N-dealkylation sites (tertiary alicyclic amines) is 1. The Morgan fingerprint density at radius 2 is 1.76 bits per heavy atom. The van der Waals surface area contributed by atoms with Gasteiger partial charge < -0.3 is 14.7 Å². The van der Waals surface area contributed by atoms with E-state index in [0.29, 0.717) is 6.54 Å². The van der Waals surface area contributed by atoms with Gasteiger partial charge in [-0.25, -0.2) is 8.78 Å². The number of hydrogen-bond donors (Lipinski definition) is 0. The normalized spacial score (nSPS) is 19.8. The Morgan fingerprint density at radius 3 is 2.27 bits per heavy atom. The van der Waals surface area contributed by atoms with Crippen molar-refractivity contribution in [3.63, 3.8) is 0 Å². The molecule has 1 aliphatic carbocycles. The quantitative estimate of drug-likeness (QED) is 0.389. The molecule has 0 amide bonds. The van der Waals surface area contributed by atoms with Crippen molar-refractivity contribution in [3.05, 3.63) is 60.4 Å². The summed E-state index contributed by atoms with van der Waals surface area (Å²) < 4.78 is 27.1. The maximum absolute atomic E-state index is 13.6. The first-order valence-corrected chi connectivity index (χ1v) is 12.7. The molecule has 1 aromatic carbocycles. The van der Waals surface area contributed by atoms with Crippen LogP contribution in [0.4, 0.5) is 8.78 Å². The lowest BCUT2D eigenvalue weighted by atomic mass is 9.81. The van der Waals surface area contributed by atoms with E-state index >= 15 is 0 Å². The SMILES string of the molecule is C=CN(CC)C1(C(=C)N(C)Cc2ccc(C(C)(F)F)cc2)CCN(CC2CCCCC2)CC1. The first-order valence-electron chi connectivity index (χ1n) is 12.7. The highest BCUT2D eigenvalue weighted by Crippen LogP contribution is 2.38. The predicted octanol–water partition coefficient (Wildman–Crippen LogP) is 6.62. The number of piperidine rings is 1. The number of nitrogens with zero attached hydrogens (tertiary/aromatic N) is 3. The summed E-state index contributed by atoms with van der Waals surface area (Å²) in [4.78, 5) is 7.20. The molecule has 5 heteroatoms. The summed E-state index contributed by atoms with van der Waals surface area (Å²) in [6.07, 6.45) is 11.0. The molecule has 3 rings (SSSR count). The maximum Gasteiger partial charge on any atom is 0.270 e. The minimum atomic E-state index is -2.81. The van der Waals surface area contributed by atoms with Crippen LogP contribution in [-0.2, 0) is 12.5 Å². The standard InChI is InChI=1S/C28H43F2N3/c1-6-33(7-2)28(17-19-32(20-18-28)22-24-11-9-8-10-12-24)23(3)31(5)21-25-13-15-26(16-14-25)27(4,29)30/h6,13-16,24H,1,3,7-12,17-22H2,2,4-5H3. The summed E-state index contributed by atoms with van der Waals surface area (Å²) in [5, 5.41) is 0. The minimum Gasteiger partial charge on any atom is -0.372 e. The van der Waals surface area contributed by atoms with Crippen LogP contribution in [0.1, 0.15) is 69.9 Å². The Morgan fingerprint density at radius 1 is 1.15 bits per heavy atom. The molecule has 1 saturated carbocycles. The lowest BCUT2D eigenvalue weighted by Crippen LogP contribution is -2.57. The van der Waals surface area contributed by atoms with Gasteiger partial charge in [-0.1, -0.05) is 56.7 Å². The van der Waals surface area contributed by atoms with Crippen LogP contribution >= 0.6 is 0 Å². The molecule has 33 heavy (non-hydrogen) atoms. The Kier molecular flexibility index (Phi) is 8.60. The largest absolute Gasteiger partial charge is 0.372 e. The molecule has 0 unspecified atom stereocenters. The van der Waals surface area contributed by atoms with Gasteiger partial charge in [0.25, 0.3) is 5.92 Å². The van der Waals surface area contributed by atoms with Crippen molar-refractivity contribution in [2.24, 2.45) is 5.92 Å². The average molecular weight is 460 g/mol. The average Bonchev–Trinajstić information content (AvgIpc) is 2.81. The fourth-order valence-electron chi connectivity index (χ4n) is 5.82. The molecule has 2 aliphatic rings. The third-order valence-electron chi connectivity index (χ3n) is 7.91. The molecule has 3 nitrogen and oxygen atoms in total. The Hall–Kier alpha value is -1.88. The van der Waals surface area contributed by atoms with E-state index in [0.717, 1.165) is 56.6 Å². The van der Waals surface area contributed by atoms with Gasteiger partial charge >= 0.3 is 0 Å². The maximum atomic E-state index is 13.6. The summed E-state index contributed by atoms with van der Waals surface area (Å²) in [5.74, 6) is -1.95. The van der Waals surface area contributed by atoms with Crippen LogP contribution in [0.2, 0.25) is 0 Å². The van der Waals surface area contributed by atoms with Crippen molar-refractivity contribution >= 4 is 0 Å². The minimum absolute atomic E-state index is 0.0540. The molecular weight excluding hydrogens is 416 g/mol. The number of rotatable bonds is 10. The second-order valence-corrected chi connectivity index (χ2v) is 10.2. The van der Waals surface area contributed by atoms with Crippen molar-refractivity contribution in [1.82, 2.24) is 14.7 Å². The lowest BCUT2D eigenvalue weighted by molar-refractivity contribution is 0.0174. The molecule has 0 N–H and O–H groups in total. The zero-order valence-electron chi connectivity index (χ0n) is 21.0. The summed E-state index contributed by atoms with van der Waals surface area (Å²) in [5.41, 5.74) is 2.01. The molecule has 0 spiro atoms. The molecule has 0 radical (unpaired) electrons. The molecule has 1 aromatic rings. The fourth-order valence-corrected chi connectivity index (χ4v) is 5.82. The summed E-state index contributed by atoms with van der Waals surface area (Å²) in [7, 11) is 2.07. The molecule has 0 atom stereocenters. The monoisotopic (exact) mass is 459 g/mol. The van der Waals surface area contributed by atoms with Gasteiger partial charge in [-0.3, -0.25) is 0 Å². The fraction of sp³-hybridized carbons (Fsp3) is 0.643. The topological polar surface area (TPSA) is 9.72 Å². The Balaban J connectivity index is 1.68. The highest BCUT2D eigenvalue weighted by atomic mass is 19.3. The van der Waals surface area contributed by atoms with Crippen LogP contribution < -0.4 is 0 Å². The van der Waals surface area contributed by atoms with E-state index in [4.69, 9.17) is 0 Å². The summed E-state index contributed by atoms with van der Waals surface area (Å²) >= 11 is 0. The van der Waals surface area contributed by atoms with Gasteiger partial charge in [0.05, 0.1) is 5.54 Å². The molecule has 0 aromatic heterocycles. The Labute approximate surface area is 200 Å². The summed E-state index contributed by atoms with van der Waals surface area (Å²) in [6.45, 7) is 16.7. The first kappa shape index (κ1) is 25.7. The number of benzene rings is 1. The van der Waals surface area contributed by atoms with Crippen LogP contribution in [0.15, 0.2) is 49.3 Å². The van der Waals surface area contributed by atoms with Crippen LogP contribution in [0, 0.1) is 5.92 Å². The van der Waals surface area contributed by atoms with E-state index in [1.807, 2.05) is 6.20 Å². The molecule has 2 fully saturated rings. The smallest absolute Gasteiger partial charge is 0.270 e. The van der Waals surface area contributed by atoms with Gasteiger partial charge in [0.2, 0.25) is 0 Å². The molecule has 184 valence electrons. The van der Waals surface area contributed by atoms with E-state index in [9.17, 15) is 8.78 Å². The van der Waals surface area contributed by atoms with E-state index in [1.54, 1.807) is 12.1 Å². The molecular formula is C28H43F2N3. The molecule has 0 bridgehead atoms. The number of hydrogen-bond acceptors (Lipinski definition) is 3. The van der Waals surface area contributed by atoms with Crippen molar-refractivity contribution in [2.75, 3.05) is 33.2 Å². The number of alkyl halides is 2. The van der Waals surface area contributed by atoms with Crippen molar-refractivity contribution < 1.29 is 8.78 Å². The molecule has 1 saturated heterocycles. The third kappa shape index (κ3) is 6.17. The van der Waals surface area contributed by atoms with Crippen LogP contribution in [-0.4, -0.2) is 53.5 Å². The first-order chi connectivity index (χ1) is 15.7. The van der Waals surface area contributed by atoms with Gasteiger partial charge in [0.15, 0.2) is 0 Å². The molecule has 1 aliphatic heterocycles. The number of halogens is 2. The molecule has 1 heterocycles. The Bertz CT molecular complexity index is 769. The lowest BCUT2D eigenvalue weighted by Gasteiger charge is -2.51. The van der Waals surface area contributed by atoms with Crippen molar-refractivity contribution in [1.29, 1.82) is 0 Å². The van der Waals surface area contributed by atoms with Gasteiger partial charge in [-0.05, 0) is 50.3 Å². The van der Waals surface area contributed by atoms with Crippen molar-refractivity contribution in [2.45, 2.75) is 76.8 Å². The van der Waals surface area contributed by atoms with Crippen LogP contribution in [0.5, 0.6) is 0 Å². The highest BCUT2D eigenvalue weighted by Gasteiger charge is 2.42. The second kappa shape index (κ2) is 11.0.